The number of carbonyl (C=O) groups is 3. The Kier molecular flexibility index (Phi) is 7.85. The van der Waals surface area contributed by atoms with E-state index in [4.69, 9.17) is 34.0 Å². The lowest BCUT2D eigenvalue weighted by Gasteiger charge is -2.09. The summed E-state index contributed by atoms with van der Waals surface area (Å²) in [5.41, 5.74) is 3.19. The Labute approximate surface area is 189 Å². The molecule has 0 fully saturated rings. The molecule has 0 saturated heterocycles. The molecule has 0 spiro atoms. The molecule has 9 nitrogen and oxygen atoms in total. The number of nitrogens with one attached hydrogen (secondary N) is 1. The molecule has 0 saturated carbocycles. The molecule has 0 bridgehead atoms. The lowest BCUT2D eigenvalue weighted by molar-refractivity contribution is -0.159. The molecule has 33 heavy (non-hydrogen) atoms. The predicted octanol–water partition coefficient (Wildman–Crippen LogP) is 2.93. The molecule has 0 aliphatic carbocycles. The summed E-state index contributed by atoms with van der Waals surface area (Å²) in [7, 11) is 0. The van der Waals surface area contributed by atoms with Crippen molar-refractivity contribution in [3.8, 4) is 28.4 Å². The van der Waals surface area contributed by atoms with Crippen LogP contribution in [0.4, 0.5) is 0 Å². The Morgan fingerprint density at radius 2 is 1.45 bits per heavy atom. The van der Waals surface area contributed by atoms with E-state index >= 15 is 0 Å². The first-order chi connectivity index (χ1) is 15.9. The van der Waals surface area contributed by atoms with E-state index in [2.05, 4.69) is 17.4 Å². The van der Waals surface area contributed by atoms with Gasteiger partial charge in [-0.3, -0.25) is 4.79 Å². The van der Waals surface area contributed by atoms with Crippen molar-refractivity contribution >= 4 is 17.8 Å². The maximum absolute atomic E-state index is 12.0. The van der Waals surface area contributed by atoms with Crippen LogP contribution in [-0.4, -0.2) is 41.5 Å². The average Bonchev–Trinajstić information content (AvgIpc) is 3.30. The highest BCUT2D eigenvalue weighted by molar-refractivity contribution is 6.27. The van der Waals surface area contributed by atoms with Crippen LogP contribution < -0.4 is 19.5 Å². The summed E-state index contributed by atoms with van der Waals surface area (Å²) in [5, 5.41) is 17.6. The Morgan fingerprint density at radius 3 is 2.12 bits per heavy atom. The molecule has 9 heteroatoms. The normalized spacial score (nSPS) is 11.0. The highest BCUT2D eigenvalue weighted by Gasteiger charge is 2.13. The number of amides is 1. The van der Waals surface area contributed by atoms with Crippen LogP contribution in [0.25, 0.3) is 11.1 Å². The van der Waals surface area contributed by atoms with Gasteiger partial charge >= 0.3 is 11.9 Å². The van der Waals surface area contributed by atoms with E-state index in [1.807, 2.05) is 60.7 Å². The van der Waals surface area contributed by atoms with Gasteiger partial charge in [-0.1, -0.05) is 48.5 Å². The van der Waals surface area contributed by atoms with Gasteiger partial charge < -0.3 is 29.7 Å². The van der Waals surface area contributed by atoms with Gasteiger partial charge in [0.15, 0.2) is 18.1 Å². The second kappa shape index (κ2) is 11.2. The predicted molar refractivity (Wildman–Crippen MR) is 117 cm³/mol. The smallest absolute Gasteiger partial charge is 0.414 e. The van der Waals surface area contributed by atoms with Crippen LogP contribution >= 0.6 is 0 Å². The van der Waals surface area contributed by atoms with Crippen LogP contribution in [0, 0.1) is 0 Å². The van der Waals surface area contributed by atoms with E-state index in [-0.39, 0.29) is 19.3 Å². The molecule has 1 aliphatic rings. The van der Waals surface area contributed by atoms with Crippen LogP contribution in [0.5, 0.6) is 17.2 Å². The number of aliphatic carboxylic acids is 2. The highest BCUT2D eigenvalue weighted by Crippen LogP contribution is 2.32. The maximum atomic E-state index is 12.0. The van der Waals surface area contributed by atoms with Crippen LogP contribution in [0.1, 0.15) is 5.56 Å². The first-order valence-corrected chi connectivity index (χ1v) is 9.82. The van der Waals surface area contributed by atoms with Crippen molar-refractivity contribution in [2.24, 2.45) is 0 Å². The molecular weight excluding hydrogens is 430 g/mol. The fraction of sp³-hybridized carbons (Fsp3) is 0.125. The van der Waals surface area contributed by atoms with Crippen molar-refractivity contribution in [1.29, 1.82) is 0 Å². The van der Waals surface area contributed by atoms with Gasteiger partial charge in [-0.25, -0.2) is 9.59 Å². The SMILES string of the molecule is O=C(COc1ccc(-c2ccccc2)cc1)NCc1ccc2c(c1)OCO2.O=C(O)C(=O)O. The quantitative estimate of drug-likeness (QED) is 0.488. The van der Waals surface area contributed by atoms with E-state index in [0.717, 1.165) is 22.4 Å². The van der Waals surface area contributed by atoms with Gasteiger partial charge in [-0.2, -0.15) is 0 Å². The summed E-state index contributed by atoms with van der Waals surface area (Å²) in [6, 6.07) is 23.4. The summed E-state index contributed by atoms with van der Waals surface area (Å²) >= 11 is 0. The molecule has 1 aliphatic heterocycles. The zero-order chi connectivity index (χ0) is 23.6. The second-order valence-corrected chi connectivity index (χ2v) is 6.75. The maximum Gasteiger partial charge on any atom is 0.414 e. The van der Waals surface area contributed by atoms with E-state index in [1.165, 1.54) is 0 Å². The van der Waals surface area contributed by atoms with Gasteiger partial charge in [-0.15, -0.1) is 0 Å². The summed E-state index contributed by atoms with van der Waals surface area (Å²) in [6.07, 6.45) is 0. The van der Waals surface area contributed by atoms with Gasteiger partial charge in [0.2, 0.25) is 6.79 Å². The van der Waals surface area contributed by atoms with Crippen molar-refractivity contribution in [2.75, 3.05) is 13.4 Å². The van der Waals surface area contributed by atoms with E-state index in [9.17, 15) is 4.79 Å². The molecule has 0 atom stereocenters. The van der Waals surface area contributed by atoms with Crippen LogP contribution in [0.2, 0.25) is 0 Å². The molecule has 1 heterocycles. The third-order valence-electron chi connectivity index (χ3n) is 4.44. The third kappa shape index (κ3) is 7.00. The number of hydrogen-bond acceptors (Lipinski definition) is 6. The molecule has 3 aromatic carbocycles. The summed E-state index contributed by atoms with van der Waals surface area (Å²) in [5.74, 6) is -1.73. The lowest BCUT2D eigenvalue weighted by Crippen LogP contribution is -2.28. The fourth-order valence-electron chi connectivity index (χ4n) is 2.83. The van der Waals surface area contributed by atoms with Crippen molar-refractivity contribution < 1.29 is 38.8 Å². The number of carbonyl (C=O) groups excluding carboxylic acids is 1. The van der Waals surface area contributed by atoms with Gasteiger partial charge in [0.05, 0.1) is 0 Å². The zero-order valence-corrected chi connectivity index (χ0v) is 17.4. The summed E-state index contributed by atoms with van der Waals surface area (Å²) in [6.45, 7) is 0.614. The fourth-order valence-corrected chi connectivity index (χ4v) is 2.83. The minimum atomic E-state index is -1.82. The number of rotatable bonds is 6. The first-order valence-electron chi connectivity index (χ1n) is 9.82. The van der Waals surface area contributed by atoms with Gasteiger partial charge in [0, 0.05) is 6.54 Å². The summed E-state index contributed by atoms with van der Waals surface area (Å²) < 4.78 is 16.2. The Bertz CT molecular complexity index is 1100. The van der Waals surface area contributed by atoms with Crippen LogP contribution in [-0.2, 0) is 20.9 Å². The van der Waals surface area contributed by atoms with Crippen LogP contribution in [0.3, 0.4) is 0 Å². The first kappa shape index (κ1) is 23.1. The molecule has 4 rings (SSSR count). The van der Waals surface area contributed by atoms with Crippen molar-refractivity contribution in [1.82, 2.24) is 5.32 Å². The summed E-state index contributed by atoms with van der Waals surface area (Å²) in [4.78, 5) is 30.2. The Hall–Kier alpha value is -4.53. The van der Waals surface area contributed by atoms with Crippen molar-refractivity contribution in [2.45, 2.75) is 6.54 Å². The van der Waals surface area contributed by atoms with E-state index in [1.54, 1.807) is 0 Å². The van der Waals surface area contributed by atoms with E-state index < -0.39 is 11.9 Å². The number of carboxylic acid groups (broad SMARTS) is 2. The average molecular weight is 451 g/mol. The molecule has 1 amide bonds. The second-order valence-electron chi connectivity index (χ2n) is 6.75. The molecule has 3 N–H and O–H groups in total. The van der Waals surface area contributed by atoms with Gasteiger partial charge in [0.1, 0.15) is 5.75 Å². The third-order valence-corrected chi connectivity index (χ3v) is 4.44. The van der Waals surface area contributed by atoms with Crippen LogP contribution in [0.15, 0.2) is 72.8 Å². The van der Waals surface area contributed by atoms with Gasteiger partial charge in [-0.05, 0) is 41.0 Å². The number of ether oxygens (including phenoxy) is 3. The Morgan fingerprint density at radius 1 is 0.818 bits per heavy atom. The Balaban J connectivity index is 0.000000454. The minimum absolute atomic E-state index is 0.0325. The monoisotopic (exact) mass is 451 g/mol. The minimum Gasteiger partial charge on any atom is -0.484 e. The number of fused-ring (bicyclic) bond motifs is 1. The van der Waals surface area contributed by atoms with Gasteiger partial charge in [0.25, 0.3) is 5.91 Å². The largest absolute Gasteiger partial charge is 0.484 e. The van der Waals surface area contributed by atoms with Crippen molar-refractivity contribution in [3.63, 3.8) is 0 Å². The molecule has 0 unspecified atom stereocenters. The molecule has 3 aromatic rings. The molecule has 0 aromatic heterocycles. The number of carboxylic acids is 2. The molecule has 0 radical (unpaired) electrons. The number of hydrogen-bond donors (Lipinski definition) is 3. The van der Waals surface area contributed by atoms with Crippen molar-refractivity contribution in [3.05, 3.63) is 78.4 Å². The molecule has 170 valence electrons. The topological polar surface area (TPSA) is 131 Å². The highest BCUT2D eigenvalue weighted by atomic mass is 16.7. The lowest BCUT2D eigenvalue weighted by atomic mass is 10.1. The van der Waals surface area contributed by atoms with E-state index in [0.29, 0.717) is 18.0 Å². The molecular formula is C24H21NO8. The standard InChI is InChI=1S/C22H19NO4.C2H2O4/c24-22(23-13-16-6-11-20-21(12-16)27-15-26-20)14-25-19-9-7-18(8-10-19)17-4-2-1-3-5-17;3-1(4)2(5)6/h1-12H,13-15H2,(H,23,24);(H,3,4)(H,5,6). The number of benzene rings is 3. The zero-order valence-electron chi connectivity index (χ0n) is 17.4.